The fourth-order valence-corrected chi connectivity index (χ4v) is 1.30. The Hall–Kier alpha value is -0.770. The summed E-state index contributed by atoms with van der Waals surface area (Å²) < 4.78 is 9.84. The summed E-state index contributed by atoms with van der Waals surface area (Å²) in [4.78, 5) is 11.1. The lowest BCUT2D eigenvalue weighted by atomic mass is 10.3. The Kier molecular flexibility index (Phi) is 4.88. The van der Waals surface area contributed by atoms with Crippen LogP contribution in [0.3, 0.4) is 0 Å². The molecule has 0 fully saturated rings. The molecule has 0 saturated heterocycles. The molecule has 0 atom stereocenters. The topological polar surface area (TPSA) is 35.5 Å². The molecule has 1 rings (SSSR count). The van der Waals surface area contributed by atoms with Gasteiger partial charge in [0.1, 0.15) is 24.0 Å². The molecule has 0 aliphatic heterocycles. The average Bonchev–Trinajstić information content (AvgIpc) is 2.21. The van der Waals surface area contributed by atoms with Crippen molar-refractivity contribution in [2.75, 3.05) is 20.3 Å². The van der Waals surface area contributed by atoms with Crippen LogP contribution in [0, 0.1) is 0 Å². The van der Waals surface area contributed by atoms with Crippen LogP contribution < -0.4 is 4.74 Å². The number of hydrogen-bond acceptors (Lipinski definition) is 3. The molecule has 1 aromatic carbocycles. The van der Waals surface area contributed by atoms with Gasteiger partial charge < -0.3 is 9.47 Å². The molecule has 0 amide bonds. The molecule has 15 heavy (non-hydrogen) atoms. The monoisotopic (exact) mass is 248 g/mol. The Morgan fingerprint density at radius 1 is 1.33 bits per heavy atom. The molecule has 3 nitrogen and oxygen atoms in total. The van der Waals surface area contributed by atoms with Gasteiger partial charge >= 0.3 is 0 Å². The van der Waals surface area contributed by atoms with Crippen LogP contribution in [0.1, 0.15) is 0 Å². The Labute approximate surface area is 97.9 Å². The lowest BCUT2D eigenvalue weighted by Crippen LogP contribution is -2.16. The Morgan fingerprint density at radius 3 is 2.73 bits per heavy atom. The maximum absolute atomic E-state index is 11.1. The number of Topliss-reactive ketones (excluding diaryl/α,β-unsaturated/α-hetero) is 1. The van der Waals surface area contributed by atoms with E-state index in [-0.39, 0.29) is 19.0 Å². The summed E-state index contributed by atoms with van der Waals surface area (Å²) in [6.07, 6.45) is 0. The van der Waals surface area contributed by atoms with E-state index in [0.717, 1.165) is 0 Å². The van der Waals surface area contributed by atoms with Gasteiger partial charge in [-0.1, -0.05) is 29.3 Å². The Morgan fingerprint density at radius 2 is 2.07 bits per heavy atom. The molecule has 82 valence electrons. The van der Waals surface area contributed by atoms with E-state index in [2.05, 4.69) is 4.74 Å². The molecular formula is C10H10Cl2O3. The SMILES string of the molecule is COCC(=O)COc1cccc(Cl)c1Cl. The summed E-state index contributed by atoms with van der Waals surface area (Å²) in [5.74, 6) is 0.238. The van der Waals surface area contributed by atoms with Crippen molar-refractivity contribution in [3.63, 3.8) is 0 Å². The number of carbonyl (C=O) groups is 1. The molecule has 0 radical (unpaired) electrons. The highest BCUT2D eigenvalue weighted by Crippen LogP contribution is 2.31. The summed E-state index contributed by atoms with van der Waals surface area (Å²) in [5, 5.41) is 0.706. The van der Waals surface area contributed by atoms with E-state index in [1.165, 1.54) is 7.11 Å². The van der Waals surface area contributed by atoms with E-state index in [1.54, 1.807) is 18.2 Å². The first-order chi connectivity index (χ1) is 7.15. The Balaban J connectivity index is 2.58. The zero-order valence-electron chi connectivity index (χ0n) is 8.13. The van der Waals surface area contributed by atoms with Gasteiger partial charge in [-0.3, -0.25) is 4.79 Å². The van der Waals surface area contributed by atoms with Gasteiger partial charge in [-0.15, -0.1) is 0 Å². The van der Waals surface area contributed by atoms with E-state index < -0.39 is 0 Å². The van der Waals surface area contributed by atoms with Gasteiger partial charge in [0.2, 0.25) is 0 Å². The van der Waals surface area contributed by atoms with Crippen molar-refractivity contribution in [1.82, 2.24) is 0 Å². The lowest BCUT2D eigenvalue weighted by molar-refractivity contribution is -0.124. The number of hydrogen-bond donors (Lipinski definition) is 0. The first-order valence-corrected chi connectivity index (χ1v) is 4.98. The first kappa shape index (κ1) is 12.3. The molecule has 1 aromatic rings. The summed E-state index contributed by atoms with van der Waals surface area (Å²) in [6, 6.07) is 4.99. The van der Waals surface area contributed by atoms with Crippen LogP contribution in [0.4, 0.5) is 0 Å². The number of halogens is 2. The third kappa shape index (κ3) is 3.70. The molecule has 0 heterocycles. The molecular weight excluding hydrogens is 239 g/mol. The van der Waals surface area contributed by atoms with Gasteiger partial charge in [0, 0.05) is 7.11 Å². The number of rotatable bonds is 5. The van der Waals surface area contributed by atoms with Crippen molar-refractivity contribution in [3.8, 4) is 5.75 Å². The highest BCUT2D eigenvalue weighted by atomic mass is 35.5. The maximum atomic E-state index is 11.1. The minimum absolute atomic E-state index is 0.0260. The van der Waals surface area contributed by atoms with E-state index in [1.807, 2.05) is 0 Å². The zero-order valence-corrected chi connectivity index (χ0v) is 9.64. The van der Waals surface area contributed by atoms with Crippen molar-refractivity contribution < 1.29 is 14.3 Å². The highest BCUT2D eigenvalue weighted by Gasteiger charge is 2.07. The van der Waals surface area contributed by atoms with Crippen molar-refractivity contribution >= 4 is 29.0 Å². The van der Waals surface area contributed by atoms with Gasteiger partial charge in [0.05, 0.1) is 5.02 Å². The summed E-state index contributed by atoms with van der Waals surface area (Å²) in [5.41, 5.74) is 0. The highest BCUT2D eigenvalue weighted by molar-refractivity contribution is 6.42. The predicted octanol–water partition coefficient (Wildman–Crippen LogP) is 2.59. The van der Waals surface area contributed by atoms with Gasteiger partial charge in [0.25, 0.3) is 0 Å². The second-order valence-electron chi connectivity index (χ2n) is 2.81. The third-order valence-corrected chi connectivity index (χ3v) is 2.41. The van der Waals surface area contributed by atoms with Crippen LogP contribution in [-0.2, 0) is 9.53 Å². The largest absolute Gasteiger partial charge is 0.484 e. The minimum atomic E-state index is -0.159. The fraction of sp³-hybridized carbons (Fsp3) is 0.300. The second-order valence-corrected chi connectivity index (χ2v) is 3.60. The number of ketones is 1. The molecule has 0 saturated carbocycles. The molecule has 0 aromatic heterocycles. The normalized spacial score (nSPS) is 10.1. The van der Waals surface area contributed by atoms with E-state index in [9.17, 15) is 4.79 Å². The van der Waals surface area contributed by atoms with Crippen molar-refractivity contribution in [2.24, 2.45) is 0 Å². The molecule has 0 spiro atoms. The number of ether oxygens (including phenoxy) is 2. The summed E-state index contributed by atoms with van der Waals surface area (Å²) in [6.45, 7) is -0.0495. The molecule has 0 N–H and O–H groups in total. The quantitative estimate of drug-likeness (QED) is 0.804. The van der Waals surface area contributed by atoms with Gasteiger partial charge in [-0.05, 0) is 12.1 Å². The molecule has 0 unspecified atom stereocenters. The van der Waals surface area contributed by atoms with Crippen LogP contribution in [-0.4, -0.2) is 26.1 Å². The number of carbonyl (C=O) groups excluding carboxylic acids is 1. The third-order valence-electron chi connectivity index (χ3n) is 1.61. The van der Waals surface area contributed by atoms with E-state index in [0.29, 0.717) is 15.8 Å². The van der Waals surface area contributed by atoms with Gasteiger partial charge in [0.15, 0.2) is 5.78 Å². The molecule has 0 aliphatic carbocycles. The lowest BCUT2D eigenvalue weighted by Gasteiger charge is -2.07. The first-order valence-electron chi connectivity index (χ1n) is 4.22. The summed E-state index contributed by atoms with van der Waals surface area (Å²) in [7, 11) is 1.45. The number of methoxy groups -OCH3 is 1. The summed E-state index contributed by atoms with van der Waals surface area (Å²) >= 11 is 11.6. The van der Waals surface area contributed by atoms with Crippen LogP contribution >= 0.6 is 23.2 Å². The number of benzene rings is 1. The minimum Gasteiger partial charge on any atom is -0.484 e. The van der Waals surface area contributed by atoms with Crippen LogP contribution in [0.2, 0.25) is 10.0 Å². The van der Waals surface area contributed by atoms with Crippen molar-refractivity contribution in [1.29, 1.82) is 0 Å². The van der Waals surface area contributed by atoms with E-state index in [4.69, 9.17) is 27.9 Å². The molecule has 5 heteroatoms. The zero-order chi connectivity index (χ0) is 11.3. The van der Waals surface area contributed by atoms with Crippen molar-refractivity contribution in [3.05, 3.63) is 28.2 Å². The van der Waals surface area contributed by atoms with Crippen molar-refractivity contribution in [2.45, 2.75) is 0 Å². The second kappa shape index (κ2) is 5.95. The Bertz CT molecular complexity index is 353. The fourth-order valence-electron chi connectivity index (χ4n) is 0.956. The van der Waals surface area contributed by atoms with Crippen LogP contribution in [0.25, 0.3) is 0 Å². The van der Waals surface area contributed by atoms with Gasteiger partial charge in [-0.2, -0.15) is 0 Å². The predicted molar refractivity (Wildman–Crippen MR) is 58.8 cm³/mol. The standard InChI is InChI=1S/C10H10Cl2O3/c1-14-5-7(13)6-15-9-4-2-3-8(11)10(9)12/h2-4H,5-6H2,1H3. The maximum Gasteiger partial charge on any atom is 0.195 e. The van der Waals surface area contributed by atoms with Crippen LogP contribution in [0.15, 0.2) is 18.2 Å². The van der Waals surface area contributed by atoms with E-state index >= 15 is 0 Å². The van der Waals surface area contributed by atoms with Gasteiger partial charge in [-0.25, -0.2) is 0 Å². The molecule has 0 aliphatic rings. The van der Waals surface area contributed by atoms with Crippen LogP contribution in [0.5, 0.6) is 5.75 Å². The smallest absolute Gasteiger partial charge is 0.195 e. The average molecular weight is 249 g/mol. The molecule has 0 bridgehead atoms.